The third-order valence-electron chi connectivity index (χ3n) is 3.37. The summed E-state index contributed by atoms with van der Waals surface area (Å²) in [4.78, 5) is 29.8. The lowest BCUT2D eigenvalue weighted by molar-refractivity contribution is -0.127. The highest BCUT2D eigenvalue weighted by atomic mass is 32.1. The zero-order valence-corrected chi connectivity index (χ0v) is 15.0. The fraction of sp³-hybridized carbons (Fsp3) is 0.278. The smallest absolute Gasteiger partial charge is 0.357 e. The van der Waals surface area contributed by atoms with Gasteiger partial charge in [-0.05, 0) is 11.6 Å². The first-order valence-electron chi connectivity index (χ1n) is 7.67. The fourth-order valence-corrected chi connectivity index (χ4v) is 2.83. The average molecular weight is 360 g/mol. The van der Waals surface area contributed by atoms with Crippen LogP contribution >= 0.6 is 11.3 Å². The van der Waals surface area contributed by atoms with Crippen molar-refractivity contribution in [2.75, 3.05) is 27.4 Å². The molecule has 0 aliphatic carbocycles. The zero-order chi connectivity index (χ0) is 18.1. The van der Waals surface area contributed by atoms with Crippen molar-refractivity contribution < 1.29 is 19.1 Å². The molecule has 0 aliphatic rings. The Morgan fingerprint density at radius 2 is 2.00 bits per heavy atom. The number of esters is 1. The highest BCUT2D eigenvalue weighted by Crippen LogP contribution is 2.14. The molecule has 0 unspecified atom stereocenters. The highest BCUT2D eigenvalue weighted by Gasteiger charge is 2.16. The first kappa shape index (κ1) is 18.8. The van der Waals surface area contributed by atoms with Crippen LogP contribution in [0.5, 0.6) is 0 Å². The summed E-state index contributed by atoms with van der Waals surface area (Å²) in [6, 6.07) is 9.60. The van der Waals surface area contributed by atoms with Gasteiger partial charge in [-0.15, -0.1) is 11.3 Å². The van der Waals surface area contributed by atoms with Crippen LogP contribution in [0.1, 0.15) is 21.1 Å². The maximum Gasteiger partial charge on any atom is 0.357 e. The molecule has 2 rings (SSSR count). The summed E-state index contributed by atoms with van der Waals surface area (Å²) in [5.41, 5.74) is 1.20. The van der Waals surface area contributed by atoms with Gasteiger partial charge in [0, 0.05) is 25.1 Å². The van der Waals surface area contributed by atoms with E-state index in [0.29, 0.717) is 24.7 Å². The van der Waals surface area contributed by atoms with Crippen molar-refractivity contribution in [3.05, 3.63) is 58.1 Å². The number of benzene rings is 1. The maximum absolute atomic E-state index is 12.5. The van der Waals surface area contributed by atoms with Crippen molar-refractivity contribution in [2.24, 2.45) is 0 Å². The van der Waals surface area contributed by atoms with Crippen LogP contribution in [0.15, 0.2) is 41.8 Å². The molecule has 6 nitrogen and oxygen atoms in total. The van der Waals surface area contributed by atoms with Crippen LogP contribution in [-0.4, -0.2) is 49.1 Å². The molecule has 0 aliphatic heterocycles. The Labute approximate surface area is 150 Å². The Morgan fingerprint density at radius 1 is 1.24 bits per heavy atom. The molecule has 2 aromatic rings. The van der Waals surface area contributed by atoms with Gasteiger partial charge < -0.3 is 14.4 Å². The van der Waals surface area contributed by atoms with E-state index in [9.17, 15) is 9.59 Å². The molecule has 0 N–H and O–H groups in total. The molecular weight excluding hydrogens is 340 g/mol. The number of rotatable bonds is 8. The monoisotopic (exact) mass is 360 g/mol. The number of nitrogens with zero attached hydrogens (tertiary/aromatic N) is 2. The van der Waals surface area contributed by atoms with E-state index in [0.717, 1.165) is 5.56 Å². The minimum Gasteiger partial charge on any atom is -0.464 e. The SMILES string of the molecule is COCCN(Cc1nc(C(=O)OC)cs1)C(=O)/C=C/c1ccccc1. The fourth-order valence-electron chi connectivity index (χ4n) is 2.05. The molecule has 1 amide bonds. The number of carbonyl (C=O) groups excluding carboxylic acids is 2. The number of thiazole rings is 1. The van der Waals surface area contributed by atoms with Crippen molar-refractivity contribution in [3.63, 3.8) is 0 Å². The molecule has 0 atom stereocenters. The van der Waals surface area contributed by atoms with E-state index in [1.54, 1.807) is 23.5 Å². The summed E-state index contributed by atoms with van der Waals surface area (Å²) in [5, 5.41) is 2.29. The van der Waals surface area contributed by atoms with Gasteiger partial charge in [-0.3, -0.25) is 4.79 Å². The minimum absolute atomic E-state index is 0.143. The topological polar surface area (TPSA) is 68.7 Å². The summed E-state index contributed by atoms with van der Waals surface area (Å²) in [7, 11) is 2.89. The van der Waals surface area contributed by atoms with Gasteiger partial charge in [-0.2, -0.15) is 0 Å². The normalized spacial score (nSPS) is 10.8. The molecule has 0 saturated carbocycles. The third-order valence-corrected chi connectivity index (χ3v) is 4.20. The van der Waals surface area contributed by atoms with Gasteiger partial charge in [0.05, 0.1) is 20.3 Å². The zero-order valence-electron chi connectivity index (χ0n) is 14.2. The third kappa shape index (κ3) is 5.81. The molecule has 7 heteroatoms. The van der Waals surface area contributed by atoms with E-state index < -0.39 is 5.97 Å². The van der Waals surface area contributed by atoms with Gasteiger partial charge in [-0.1, -0.05) is 30.3 Å². The lowest BCUT2D eigenvalue weighted by Gasteiger charge is -2.19. The summed E-state index contributed by atoms with van der Waals surface area (Å²) in [6.07, 6.45) is 3.30. The first-order valence-corrected chi connectivity index (χ1v) is 8.55. The molecule has 25 heavy (non-hydrogen) atoms. The Kier molecular flexibility index (Phi) is 7.31. The van der Waals surface area contributed by atoms with Gasteiger partial charge in [0.1, 0.15) is 5.01 Å². The number of ether oxygens (including phenoxy) is 2. The van der Waals surface area contributed by atoms with Crippen LogP contribution in [0.3, 0.4) is 0 Å². The number of amides is 1. The second-order valence-electron chi connectivity index (χ2n) is 5.11. The molecule has 0 saturated heterocycles. The van der Waals surface area contributed by atoms with Gasteiger partial charge in [-0.25, -0.2) is 9.78 Å². The van der Waals surface area contributed by atoms with E-state index in [1.807, 2.05) is 30.3 Å². The second-order valence-corrected chi connectivity index (χ2v) is 6.06. The van der Waals surface area contributed by atoms with Gasteiger partial charge in [0.15, 0.2) is 5.69 Å². The molecule has 1 aromatic heterocycles. The van der Waals surface area contributed by atoms with E-state index >= 15 is 0 Å². The number of carbonyl (C=O) groups is 2. The average Bonchev–Trinajstić information content (AvgIpc) is 3.12. The van der Waals surface area contributed by atoms with E-state index in [1.165, 1.54) is 24.5 Å². The highest BCUT2D eigenvalue weighted by molar-refractivity contribution is 7.09. The molecule has 0 bridgehead atoms. The van der Waals surface area contributed by atoms with E-state index in [4.69, 9.17) is 4.74 Å². The van der Waals surface area contributed by atoms with Crippen LogP contribution in [0.25, 0.3) is 6.08 Å². The Balaban J connectivity index is 2.07. The minimum atomic E-state index is -0.485. The predicted octanol–water partition coefficient (Wildman–Crippen LogP) is 2.62. The summed E-state index contributed by atoms with van der Waals surface area (Å²) in [6.45, 7) is 1.16. The quantitative estimate of drug-likeness (QED) is 0.535. The molecule has 132 valence electrons. The number of methoxy groups -OCH3 is 2. The standard InChI is InChI=1S/C18H20N2O4S/c1-23-11-10-20(12-16-19-15(13-25-16)18(22)24-2)17(21)9-8-14-6-4-3-5-7-14/h3-9,13H,10-12H2,1-2H3/b9-8+. The van der Waals surface area contributed by atoms with Crippen LogP contribution in [0.2, 0.25) is 0 Å². The van der Waals surface area contributed by atoms with Crippen molar-refractivity contribution in [1.29, 1.82) is 0 Å². The van der Waals surface area contributed by atoms with E-state index in [2.05, 4.69) is 9.72 Å². The largest absolute Gasteiger partial charge is 0.464 e. The summed E-state index contributed by atoms with van der Waals surface area (Å²) >= 11 is 1.32. The van der Waals surface area contributed by atoms with Crippen molar-refractivity contribution in [1.82, 2.24) is 9.88 Å². The van der Waals surface area contributed by atoms with Gasteiger partial charge in [0.2, 0.25) is 5.91 Å². The van der Waals surface area contributed by atoms with Crippen LogP contribution < -0.4 is 0 Å². The molecule has 0 spiro atoms. The van der Waals surface area contributed by atoms with Gasteiger partial charge in [0.25, 0.3) is 0 Å². The number of hydrogen-bond acceptors (Lipinski definition) is 6. The van der Waals surface area contributed by atoms with Crippen molar-refractivity contribution in [2.45, 2.75) is 6.54 Å². The molecule has 1 heterocycles. The summed E-state index contributed by atoms with van der Waals surface area (Å²) in [5.74, 6) is -0.628. The van der Waals surface area contributed by atoms with Crippen LogP contribution in [0, 0.1) is 0 Å². The first-order chi connectivity index (χ1) is 12.1. The molecular formula is C18H20N2O4S. The lowest BCUT2D eigenvalue weighted by atomic mass is 10.2. The van der Waals surface area contributed by atoms with Crippen LogP contribution in [-0.2, 0) is 20.8 Å². The Bertz CT molecular complexity index is 728. The Hall–Kier alpha value is -2.51. The van der Waals surface area contributed by atoms with E-state index in [-0.39, 0.29) is 11.6 Å². The Morgan fingerprint density at radius 3 is 2.68 bits per heavy atom. The molecule has 1 aromatic carbocycles. The lowest BCUT2D eigenvalue weighted by Crippen LogP contribution is -2.32. The van der Waals surface area contributed by atoms with Crippen LogP contribution in [0.4, 0.5) is 0 Å². The maximum atomic E-state index is 12.5. The van der Waals surface area contributed by atoms with Crippen molar-refractivity contribution in [3.8, 4) is 0 Å². The molecule has 0 fully saturated rings. The molecule has 0 radical (unpaired) electrons. The number of aromatic nitrogens is 1. The van der Waals surface area contributed by atoms with Gasteiger partial charge >= 0.3 is 5.97 Å². The summed E-state index contributed by atoms with van der Waals surface area (Å²) < 4.78 is 9.72. The predicted molar refractivity (Wildman–Crippen MR) is 96.2 cm³/mol. The van der Waals surface area contributed by atoms with Crippen molar-refractivity contribution >= 4 is 29.3 Å². The number of hydrogen-bond donors (Lipinski definition) is 0. The second kappa shape index (κ2) is 9.71.